The zero-order valence-corrected chi connectivity index (χ0v) is 14.2. The van der Waals surface area contributed by atoms with Crippen LogP contribution in [-0.4, -0.2) is 18.3 Å². The van der Waals surface area contributed by atoms with E-state index in [1.807, 2.05) is 13.0 Å². The van der Waals surface area contributed by atoms with Crippen molar-refractivity contribution >= 4 is 21.6 Å². The highest BCUT2D eigenvalue weighted by atomic mass is 79.9. The van der Waals surface area contributed by atoms with Gasteiger partial charge in [0, 0.05) is 17.3 Å². The maximum atomic E-state index is 6.27. The van der Waals surface area contributed by atoms with Crippen molar-refractivity contribution in [3.05, 3.63) is 22.2 Å². The molecular formula is C17H24BrNO2. The minimum atomic E-state index is 0.0686. The number of hydrogen-bond donors (Lipinski definition) is 1. The maximum absolute atomic E-state index is 6.27. The van der Waals surface area contributed by atoms with Crippen LogP contribution in [0, 0.1) is 6.92 Å². The third kappa shape index (κ3) is 3.37. The number of nitrogen functional groups attached to an aromatic ring is 1. The summed E-state index contributed by atoms with van der Waals surface area (Å²) in [4.78, 5) is 0. The van der Waals surface area contributed by atoms with Crippen LogP contribution in [0.5, 0.6) is 5.75 Å². The van der Waals surface area contributed by atoms with E-state index in [0.29, 0.717) is 5.69 Å². The molecule has 2 fully saturated rings. The minimum Gasteiger partial charge on any atom is -0.488 e. The lowest BCUT2D eigenvalue weighted by atomic mass is 9.79. The second kappa shape index (κ2) is 6.17. The summed E-state index contributed by atoms with van der Waals surface area (Å²) in [5.41, 5.74) is 7.99. The van der Waals surface area contributed by atoms with Gasteiger partial charge < -0.3 is 15.2 Å². The molecule has 4 heteroatoms. The summed E-state index contributed by atoms with van der Waals surface area (Å²) in [5.74, 6) is 0.844. The molecule has 21 heavy (non-hydrogen) atoms. The molecular weight excluding hydrogens is 330 g/mol. The van der Waals surface area contributed by atoms with Crippen LogP contribution in [0.2, 0.25) is 0 Å². The number of rotatable bonds is 2. The largest absolute Gasteiger partial charge is 0.488 e. The Balaban J connectivity index is 1.73. The Kier molecular flexibility index (Phi) is 4.46. The molecule has 1 unspecified atom stereocenters. The molecule has 0 amide bonds. The molecule has 1 heterocycles. The van der Waals surface area contributed by atoms with Crippen LogP contribution >= 0.6 is 15.9 Å². The number of benzene rings is 1. The second-order valence-corrected chi connectivity index (χ2v) is 7.38. The predicted octanol–water partition coefficient (Wildman–Crippen LogP) is 4.60. The highest BCUT2D eigenvalue weighted by Gasteiger charge is 2.39. The van der Waals surface area contributed by atoms with Crippen molar-refractivity contribution < 1.29 is 9.47 Å². The molecule has 116 valence electrons. The maximum Gasteiger partial charge on any atom is 0.145 e. The lowest BCUT2D eigenvalue weighted by Gasteiger charge is -2.43. The van der Waals surface area contributed by atoms with E-state index in [-0.39, 0.29) is 11.7 Å². The van der Waals surface area contributed by atoms with Crippen molar-refractivity contribution in [3.8, 4) is 5.75 Å². The van der Waals surface area contributed by atoms with E-state index in [9.17, 15) is 0 Å². The first-order valence-electron chi connectivity index (χ1n) is 7.94. The molecule has 2 aliphatic rings. The van der Waals surface area contributed by atoms with Gasteiger partial charge in [-0.2, -0.15) is 0 Å². The first-order valence-corrected chi connectivity index (χ1v) is 8.74. The third-order valence-electron chi connectivity index (χ3n) is 4.77. The Morgan fingerprint density at radius 3 is 2.76 bits per heavy atom. The number of anilines is 1. The fraction of sp³-hybridized carbons (Fsp3) is 0.647. The summed E-state index contributed by atoms with van der Waals surface area (Å²) >= 11 is 3.47. The summed E-state index contributed by atoms with van der Waals surface area (Å²) in [6, 6.07) is 3.97. The van der Waals surface area contributed by atoms with Crippen molar-refractivity contribution in [3.63, 3.8) is 0 Å². The highest BCUT2D eigenvalue weighted by Crippen LogP contribution is 2.40. The van der Waals surface area contributed by atoms with Crippen LogP contribution in [0.15, 0.2) is 16.6 Å². The lowest BCUT2D eigenvalue weighted by Crippen LogP contribution is -2.45. The minimum absolute atomic E-state index is 0.0686. The van der Waals surface area contributed by atoms with Gasteiger partial charge in [0.25, 0.3) is 0 Å². The summed E-state index contributed by atoms with van der Waals surface area (Å²) in [5, 5.41) is 0. The van der Waals surface area contributed by atoms with Crippen molar-refractivity contribution in [1.29, 1.82) is 0 Å². The summed E-state index contributed by atoms with van der Waals surface area (Å²) in [6.07, 6.45) is 8.45. The average molecular weight is 354 g/mol. The van der Waals surface area contributed by atoms with E-state index in [4.69, 9.17) is 15.2 Å². The van der Waals surface area contributed by atoms with Crippen LogP contribution in [0.1, 0.15) is 50.5 Å². The fourth-order valence-electron chi connectivity index (χ4n) is 3.71. The van der Waals surface area contributed by atoms with E-state index in [0.717, 1.165) is 35.2 Å². The van der Waals surface area contributed by atoms with Gasteiger partial charge >= 0.3 is 0 Å². The van der Waals surface area contributed by atoms with Crippen LogP contribution in [0.3, 0.4) is 0 Å². The molecule has 1 spiro atoms. The predicted molar refractivity (Wildman–Crippen MR) is 88.7 cm³/mol. The molecule has 1 atom stereocenters. The number of nitrogens with two attached hydrogens (primary N) is 1. The molecule has 3 rings (SSSR count). The van der Waals surface area contributed by atoms with Crippen molar-refractivity contribution in [2.45, 2.75) is 63.6 Å². The van der Waals surface area contributed by atoms with Crippen LogP contribution in [-0.2, 0) is 4.74 Å². The van der Waals surface area contributed by atoms with E-state index in [1.54, 1.807) is 0 Å². The Bertz CT molecular complexity index is 483. The quantitative estimate of drug-likeness (QED) is 0.790. The Morgan fingerprint density at radius 2 is 2.05 bits per heavy atom. The molecule has 1 aromatic carbocycles. The Hall–Kier alpha value is -0.740. The summed E-state index contributed by atoms with van der Waals surface area (Å²) in [6.45, 7) is 2.85. The molecule has 1 saturated carbocycles. The molecule has 0 bridgehead atoms. The Morgan fingerprint density at radius 1 is 1.29 bits per heavy atom. The first kappa shape index (κ1) is 15.2. The van der Waals surface area contributed by atoms with Gasteiger partial charge in [0.15, 0.2) is 0 Å². The van der Waals surface area contributed by atoms with E-state index in [2.05, 4.69) is 22.0 Å². The number of halogens is 1. The van der Waals surface area contributed by atoms with Crippen molar-refractivity contribution in [2.75, 3.05) is 12.3 Å². The van der Waals surface area contributed by atoms with Crippen LogP contribution in [0.4, 0.5) is 5.69 Å². The van der Waals surface area contributed by atoms with E-state index in [1.165, 1.54) is 32.1 Å². The fourth-order valence-corrected chi connectivity index (χ4v) is 4.30. The van der Waals surface area contributed by atoms with Crippen LogP contribution in [0.25, 0.3) is 0 Å². The molecule has 1 aliphatic carbocycles. The smallest absolute Gasteiger partial charge is 0.145 e. The standard InChI is InChI=1S/C17H24BrNO2/c1-12-9-13(18)10-15(19)16(12)21-14-5-8-20-17(11-14)6-3-2-4-7-17/h9-10,14H,2-8,11,19H2,1H3. The normalized spacial score (nSPS) is 25.0. The number of ether oxygens (including phenoxy) is 2. The number of aryl methyl sites for hydroxylation is 1. The zero-order valence-electron chi connectivity index (χ0n) is 12.7. The molecule has 1 aliphatic heterocycles. The Labute approximate surface area is 135 Å². The molecule has 1 aromatic rings. The van der Waals surface area contributed by atoms with Crippen molar-refractivity contribution in [2.24, 2.45) is 0 Å². The number of hydrogen-bond acceptors (Lipinski definition) is 3. The average Bonchev–Trinajstić information content (AvgIpc) is 2.44. The van der Waals surface area contributed by atoms with Gasteiger partial charge in [-0.25, -0.2) is 0 Å². The lowest BCUT2D eigenvalue weighted by molar-refractivity contribution is -0.129. The second-order valence-electron chi connectivity index (χ2n) is 6.47. The highest BCUT2D eigenvalue weighted by molar-refractivity contribution is 9.10. The summed E-state index contributed by atoms with van der Waals surface area (Å²) in [7, 11) is 0. The third-order valence-corrected chi connectivity index (χ3v) is 5.22. The molecule has 2 N–H and O–H groups in total. The van der Waals surface area contributed by atoms with Gasteiger partial charge in [-0.15, -0.1) is 0 Å². The molecule has 1 saturated heterocycles. The monoisotopic (exact) mass is 353 g/mol. The molecule has 0 aromatic heterocycles. The molecule has 3 nitrogen and oxygen atoms in total. The van der Waals surface area contributed by atoms with Gasteiger partial charge in [0.2, 0.25) is 0 Å². The van der Waals surface area contributed by atoms with Crippen molar-refractivity contribution in [1.82, 2.24) is 0 Å². The van der Waals surface area contributed by atoms with Gasteiger partial charge in [-0.05, 0) is 37.5 Å². The van der Waals surface area contributed by atoms with Gasteiger partial charge in [0.05, 0.1) is 17.9 Å². The van der Waals surface area contributed by atoms with E-state index < -0.39 is 0 Å². The van der Waals surface area contributed by atoms with Gasteiger partial charge in [0.1, 0.15) is 11.9 Å². The summed E-state index contributed by atoms with van der Waals surface area (Å²) < 4.78 is 13.4. The molecule has 0 radical (unpaired) electrons. The van der Waals surface area contributed by atoms with Gasteiger partial charge in [-0.1, -0.05) is 35.2 Å². The van der Waals surface area contributed by atoms with E-state index >= 15 is 0 Å². The SMILES string of the molecule is Cc1cc(Br)cc(N)c1OC1CCOC2(CCCCC2)C1. The first-order chi connectivity index (χ1) is 10.1. The topological polar surface area (TPSA) is 44.5 Å². The van der Waals surface area contributed by atoms with Crippen LogP contribution < -0.4 is 10.5 Å². The zero-order chi connectivity index (χ0) is 14.9. The van der Waals surface area contributed by atoms with Gasteiger partial charge in [-0.3, -0.25) is 0 Å².